The van der Waals surface area contributed by atoms with Gasteiger partial charge in [0.1, 0.15) is 11.7 Å². The van der Waals surface area contributed by atoms with Crippen molar-refractivity contribution in [3.8, 4) is 0 Å². The number of benzene rings is 1. The van der Waals surface area contributed by atoms with Gasteiger partial charge in [-0.05, 0) is 63.5 Å². The van der Waals surface area contributed by atoms with E-state index in [9.17, 15) is 4.79 Å². The molecule has 0 saturated carbocycles. The van der Waals surface area contributed by atoms with Crippen molar-refractivity contribution in [2.45, 2.75) is 78.2 Å². The standard InChI is InChI=1S/C25H39N3O4/c1-17(2)20(14-21(23-16-31-23)27-24(29)32-25(3,4)5)12-18-8-9-19-15-26-28(22(19)13-18)10-7-11-30-6/h8-9,13,15,17,20-21,23H,7,10-12,14,16H2,1-6H3,(H,27,29)/t20?,21-,23-/m0/s1. The first kappa shape index (κ1) is 24.5. The van der Waals surface area contributed by atoms with Crippen molar-refractivity contribution in [2.24, 2.45) is 11.8 Å². The highest BCUT2D eigenvalue weighted by Gasteiger charge is 2.37. The molecule has 1 unspecified atom stereocenters. The Bertz CT molecular complexity index is 883. The van der Waals surface area contributed by atoms with Crippen LogP contribution < -0.4 is 5.32 Å². The van der Waals surface area contributed by atoms with Crippen molar-refractivity contribution in [1.82, 2.24) is 15.1 Å². The number of ether oxygens (including phenoxy) is 3. The SMILES string of the molecule is COCCCn1ncc2ccc(CC(C[C@H](NC(=O)OC(C)(C)C)[C@@H]3CO3)C(C)C)cc21. The van der Waals surface area contributed by atoms with Crippen LogP contribution in [0.3, 0.4) is 0 Å². The number of carbonyl (C=O) groups is 1. The summed E-state index contributed by atoms with van der Waals surface area (Å²) in [5, 5.41) is 8.76. The lowest BCUT2D eigenvalue weighted by Gasteiger charge is -2.28. The predicted octanol–water partition coefficient (Wildman–Crippen LogP) is 4.57. The molecule has 0 bridgehead atoms. The summed E-state index contributed by atoms with van der Waals surface area (Å²) >= 11 is 0. The van der Waals surface area contributed by atoms with Crippen molar-refractivity contribution in [1.29, 1.82) is 0 Å². The second-order valence-corrected chi connectivity index (χ2v) is 10.2. The van der Waals surface area contributed by atoms with Crippen LogP contribution in [0.1, 0.15) is 53.0 Å². The number of amides is 1. The van der Waals surface area contributed by atoms with E-state index in [4.69, 9.17) is 14.2 Å². The fourth-order valence-corrected chi connectivity index (χ4v) is 4.05. The number of aryl methyl sites for hydroxylation is 1. The number of rotatable bonds is 11. The van der Waals surface area contributed by atoms with Crippen LogP contribution in [0.25, 0.3) is 10.9 Å². The number of fused-ring (bicyclic) bond motifs is 1. The van der Waals surface area contributed by atoms with Gasteiger partial charge in [-0.1, -0.05) is 26.0 Å². The summed E-state index contributed by atoms with van der Waals surface area (Å²) in [6.07, 6.45) is 4.36. The minimum Gasteiger partial charge on any atom is -0.444 e. The predicted molar refractivity (Wildman–Crippen MR) is 126 cm³/mol. The van der Waals surface area contributed by atoms with Gasteiger partial charge in [-0.2, -0.15) is 5.10 Å². The highest BCUT2D eigenvalue weighted by atomic mass is 16.6. The Hall–Kier alpha value is -2.12. The summed E-state index contributed by atoms with van der Waals surface area (Å²) in [6.45, 7) is 12.4. The maximum absolute atomic E-state index is 12.4. The molecule has 3 rings (SSSR count). The van der Waals surface area contributed by atoms with Gasteiger partial charge in [0.05, 0.1) is 24.4 Å². The third-order valence-electron chi connectivity index (χ3n) is 5.93. The Morgan fingerprint density at radius 1 is 1.34 bits per heavy atom. The van der Waals surface area contributed by atoms with Crippen LogP contribution >= 0.6 is 0 Å². The number of carbonyl (C=O) groups excluding carboxylic acids is 1. The normalized spacial score (nSPS) is 18.0. The molecular weight excluding hydrogens is 406 g/mol. The molecule has 1 aliphatic rings. The second kappa shape index (κ2) is 10.7. The number of nitrogens with zero attached hydrogens (tertiary/aromatic N) is 2. The number of alkyl carbamates (subject to hydrolysis) is 1. The lowest BCUT2D eigenvalue weighted by molar-refractivity contribution is 0.0483. The second-order valence-electron chi connectivity index (χ2n) is 10.2. The van der Waals surface area contributed by atoms with Crippen LogP contribution in [0.5, 0.6) is 0 Å². The number of hydrogen-bond acceptors (Lipinski definition) is 5. The van der Waals surface area contributed by atoms with E-state index in [-0.39, 0.29) is 18.2 Å². The number of hydrogen-bond donors (Lipinski definition) is 1. The molecule has 2 heterocycles. The maximum atomic E-state index is 12.4. The molecule has 0 spiro atoms. The molecule has 1 fully saturated rings. The van der Waals surface area contributed by atoms with Gasteiger partial charge in [0, 0.05) is 25.6 Å². The van der Waals surface area contributed by atoms with E-state index in [0.717, 1.165) is 43.3 Å². The topological polar surface area (TPSA) is 77.9 Å². The van der Waals surface area contributed by atoms with E-state index in [1.807, 2.05) is 27.0 Å². The van der Waals surface area contributed by atoms with Gasteiger partial charge in [0.15, 0.2) is 0 Å². The third kappa shape index (κ3) is 7.20. The van der Waals surface area contributed by atoms with E-state index >= 15 is 0 Å². The molecule has 1 amide bonds. The zero-order valence-corrected chi connectivity index (χ0v) is 20.4. The Kier molecular flexibility index (Phi) is 8.17. The minimum atomic E-state index is -0.516. The monoisotopic (exact) mass is 445 g/mol. The quantitative estimate of drug-likeness (QED) is 0.405. The molecule has 7 heteroatoms. The largest absolute Gasteiger partial charge is 0.444 e. The van der Waals surface area contributed by atoms with E-state index in [0.29, 0.717) is 18.4 Å². The van der Waals surface area contributed by atoms with Crippen molar-refractivity contribution < 1.29 is 19.0 Å². The minimum absolute atomic E-state index is 0.0412. The smallest absolute Gasteiger partial charge is 0.407 e. The molecule has 1 N–H and O–H groups in total. The van der Waals surface area contributed by atoms with E-state index in [2.05, 4.69) is 47.1 Å². The van der Waals surface area contributed by atoms with Gasteiger partial charge >= 0.3 is 6.09 Å². The Labute approximate surface area is 191 Å². The lowest BCUT2D eigenvalue weighted by atomic mass is 9.83. The van der Waals surface area contributed by atoms with Crippen LogP contribution in [0, 0.1) is 11.8 Å². The molecule has 7 nitrogen and oxygen atoms in total. The number of methoxy groups -OCH3 is 1. The number of epoxide rings is 1. The van der Waals surface area contributed by atoms with Crippen LogP contribution in [-0.4, -0.2) is 53.9 Å². The van der Waals surface area contributed by atoms with Gasteiger partial charge in [-0.3, -0.25) is 4.68 Å². The van der Waals surface area contributed by atoms with Crippen LogP contribution in [0.15, 0.2) is 24.4 Å². The molecule has 1 aromatic carbocycles. The molecule has 3 atom stereocenters. The van der Waals surface area contributed by atoms with E-state index in [1.54, 1.807) is 7.11 Å². The van der Waals surface area contributed by atoms with Gasteiger partial charge < -0.3 is 19.5 Å². The van der Waals surface area contributed by atoms with Crippen molar-refractivity contribution in [3.05, 3.63) is 30.0 Å². The molecule has 1 aliphatic heterocycles. The molecule has 1 aromatic heterocycles. The first-order valence-corrected chi connectivity index (χ1v) is 11.7. The van der Waals surface area contributed by atoms with Gasteiger partial charge in [0.2, 0.25) is 0 Å². The zero-order valence-electron chi connectivity index (χ0n) is 20.4. The first-order valence-electron chi connectivity index (χ1n) is 11.7. The first-order chi connectivity index (χ1) is 15.2. The highest BCUT2D eigenvalue weighted by molar-refractivity contribution is 5.79. The van der Waals surface area contributed by atoms with Crippen LogP contribution in [0.4, 0.5) is 4.79 Å². The van der Waals surface area contributed by atoms with E-state index < -0.39 is 5.60 Å². The lowest BCUT2D eigenvalue weighted by Crippen LogP contribution is -2.43. The van der Waals surface area contributed by atoms with Gasteiger partial charge in [0.25, 0.3) is 0 Å². The van der Waals surface area contributed by atoms with Gasteiger partial charge in [-0.25, -0.2) is 4.79 Å². The summed E-state index contributed by atoms with van der Waals surface area (Å²) < 4.78 is 18.3. The van der Waals surface area contributed by atoms with Crippen LogP contribution in [0.2, 0.25) is 0 Å². The molecule has 0 aliphatic carbocycles. The Morgan fingerprint density at radius 3 is 2.72 bits per heavy atom. The third-order valence-corrected chi connectivity index (χ3v) is 5.93. The molecule has 32 heavy (non-hydrogen) atoms. The average Bonchev–Trinajstić information content (AvgIpc) is 3.47. The Balaban J connectivity index is 1.69. The van der Waals surface area contributed by atoms with Crippen molar-refractivity contribution >= 4 is 17.0 Å². The van der Waals surface area contributed by atoms with E-state index in [1.165, 1.54) is 5.56 Å². The summed E-state index contributed by atoms with van der Waals surface area (Å²) in [4.78, 5) is 12.4. The molecule has 2 aromatic rings. The van der Waals surface area contributed by atoms with Crippen molar-refractivity contribution in [3.63, 3.8) is 0 Å². The fourth-order valence-electron chi connectivity index (χ4n) is 4.05. The van der Waals surface area contributed by atoms with Crippen LogP contribution in [-0.2, 0) is 27.2 Å². The maximum Gasteiger partial charge on any atom is 0.407 e. The average molecular weight is 446 g/mol. The summed E-state index contributed by atoms with van der Waals surface area (Å²) in [7, 11) is 1.73. The molecular formula is C25H39N3O4. The summed E-state index contributed by atoms with van der Waals surface area (Å²) in [5.41, 5.74) is 1.94. The van der Waals surface area contributed by atoms with Gasteiger partial charge in [-0.15, -0.1) is 0 Å². The highest BCUT2D eigenvalue weighted by Crippen LogP contribution is 2.28. The Morgan fingerprint density at radius 2 is 2.09 bits per heavy atom. The molecule has 1 saturated heterocycles. The van der Waals surface area contributed by atoms with Crippen molar-refractivity contribution in [2.75, 3.05) is 20.3 Å². The summed E-state index contributed by atoms with van der Waals surface area (Å²) in [6, 6.07) is 6.57. The zero-order chi connectivity index (χ0) is 23.3. The number of nitrogens with one attached hydrogen (secondary N) is 1. The summed E-state index contributed by atoms with van der Waals surface area (Å²) in [5.74, 6) is 0.875. The number of aromatic nitrogens is 2. The molecule has 178 valence electrons. The fraction of sp³-hybridized carbons (Fsp3) is 0.680. The molecule has 0 radical (unpaired) electrons.